The Morgan fingerprint density at radius 3 is 2.15 bits per heavy atom. The van der Waals surface area contributed by atoms with Crippen molar-refractivity contribution in [2.45, 2.75) is 31.2 Å². The molecule has 152 valence electrons. The summed E-state index contributed by atoms with van der Waals surface area (Å²) in [5.74, 6) is -0.246. The van der Waals surface area contributed by atoms with Crippen LogP contribution >= 0.6 is 36.4 Å². The summed E-state index contributed by atoms with van der Waals surface area (Å²) in [6.07, 6.45) is 3.36. The Hall–Kier alpha value is -1.21. The van der Waals surface area contributed by atoms with Crippen LogP contribution in [0.4, 0.5) is 5.69 Å². The van der Waals surface area contributed by atoms with Gasteiger partial charge < -0.3 is 20.9 Å². The number of rotatable bonds is 4. The summed E-state index contributed by atoms with van der Waals surface area (Å²) < 4.78 is 0. The van der Waals surface area contributed by atoms with Crippen LogP contribution in [0.2, 0.25) is 5.02 Å². The normalized spacial score (nSPS) is 18.3. The van der Waals surface area contributed by atoms with E-state index in [0.29, 0.717) is 31.0 Å². The van der Waals surface area contributed by atoms with Crippen LogP contribution in [-0.2, 0) is 9.59 Å². The van der Waals surface area contributed by atoms with E-state index in [-0.39, 0.29) is 43.2 Å². The lowest BCUT2D eigenvalue weighted by Gasteiger charge is -2.36. The van der Waals surface area contributed by atoms with Crippen molar-refractivity contribution in [1.29, 1.82) is 0 Å². The van der Waals surface area contributed by atoms with Crippen LogP contribution in [0, 0.1) is 0 Å². The van der Waals surface area contributed by atoms with Gasteiger partial charge in [0.2, 0.25) is 11.8 Å². The van der Waals surface area contributed by atoms with Crippen LogP contribution in [0.3, 0.4) is 0 Å². The minimum Gasteiger partial charge on any atom is -0.368 e. The second-order valence-electron chi connectivity index (χ2n) is 6.89. The number of carbonyl (C=O) groups is 2. The fraction of sp³-hybridized carbons (Fsp3) is 0.556. The molecule has 2 amide bonds. The van der Waals surface area contributed by atoms with Gasteiger partial charge >= 0.3 is 0 Å². The first-order chi connectivity index (χ1) is 12.0. The predicted molar refractivity (Wildman–Crippen MR) is 113 cm³/mol. The van der Waals surface area contributed by atoms with Gasteiger partial charge in [-0.2, -0.15) is 0 Å². The standard InChI is InChI=1S/C18H25ClN4O2.2ClH/c19-14-3-5-15(6-4-14)22-9-11-23(12-10-22)16(24)13-21-17(25)18(20)7-1-2-8-18;;/h3-6H,1-2,7-13,20H2,(H,21,25);2*1H. The highest BCUT2D eigenvalue weighted by atomic mass is 35.5. The summed E-state index contributed by atoms with van der Waals surface area (Å²) in [5, 5.41) is 3.44. The predicted octanol–water partition coefficient (Wildman–Crippen LogP) is 2.22. The third-order valence-electron chi connectivity index (χ3n) is 5.17. The zero-order chi connectivity index (χ0) is 17.9. The topological polar surface area (TPSA) is 78.7 Å². The molecular formula is C18H27Cl3N4O2. The van der Waals surface area contributed by atoms with Crippen molar-refractivity contribution in [2.24, 2.45) is 5.73 Å². The number of benzene rings is 1. The highest BCUT2D eigenvalue weighted by Gasteiger charge is 2.37. The SMILES string of the molecule is Cl.Cl.NC1(C(=O)NCC(=O)N2CCN(c3ccc(Cl)cc3)CC2)CCCC1. The highest BCUT2D eigenvalue weighted by molar-refractivity contribution is 6.30. The summed E-state index contributed by atoms with van der Waals surface area (Å²) in [7, 11) is 0. The summed E-state index contributed by atoms with van der Waals surface area (Å²) in [5.41, 5.74) is 6.43. The zero-order valence-electron chi connectivity index (χ0n) is 15.2. The van der Waals surface area contributed by atoms with E-state index in [1.165, 1.54) is 0 Å². The number of anilines is 1. The number of piperazine rings is 1. The Balaban J connectivity index is 0.00000182. The van der Waals surface area contributed by atoms with Gasteiger partial charge in [-0.3, -0.25) is 9.59 Å². The molecule has 1 aliphatic carbocycles. The van der Waals surface area contributed by atoms with Crippen LogP contribution in [0.25, 0.3) is 0 Å². The Kier molecular flexibility index (Phi) is 9.15. The second-order valence-corrected chi connectivity index (χ2v) is 7.33. The average Bonchev–Trinajstić information content (AvgIpc) is 3.08. The van der Waals surface area contributed by atoms with Crippen molar-refractivity contribution in [1.82, 2.24) is 10.2 Å². The van der Waals surface area contributed by atoms with Crippen molar-refractivity contribution in [2.75, 3.05) is 37.6 Å². The van der Waals surface area contributed by atoms with Crippen molar-refractivity contribution in [3.63, 3.8) is 0 Å². The van der Waals surface area contributed by atoms with Crippen molar-refractivity contribution >= 4 is 53.9 Å². The summed E-state index contributed by atoms with van der Waals surface area (Å²) >= 11 is 5.92. The second kappa shape index (κ2) is 10.4. The fourth-order valence-corrected chi connectivity index (χ4v) is 3.67. The smallest absolute Gasteiger partial charge is 0.242 e. The molecular weight excluding hydrogens is 411 g/mol. The van der Waals surface area contributed by atoms with Gasteiger partial charge in [-0.25, -0.2) is 0 Å². The first-order valence-corrected chi connectivity index (χ1v) is 9.21. The van der Waals surface area contributed by atoms with Crippen LogP contribution < -0.4 is 16.0 Å². The van der Waals surface area contributed by atoms with Crippen LogP contribution in [-0.4, -0.2) is 55.0 Å². The van der Waals surface area contributed by atoms with Crippen LogP contribution in [0.15, 0.2) is 24.3 Å². The van der Waals surface area contributed by atoms with E-state index >= 15 is 0 Å². The number of hydrogen-bond acceptors (Lipinski definition) is 4. The summed E-state index contributed by atoms with van der Waals surface area (Å²) in [4.78, 5) is 28.6. The average molecular weight is 438 g/mol. The highest BCUT2D eigenvalue weighted by Crippen LogP contribution is 2.27. The molecule has 1 aliphatic heterocycles. The first-order valence-electron chi connectivity index (χ1n) is 8.83. The van der Waals surface area contributed by atoms with Crippen molar-refractivity contribution in [3.05, 3.63) is 29.3 Å². The van der Waals surface area contributed by atoms with E-state index in [0.717, 1.165) is 31.6 Å². The third kappa shape index (κ3) is 5.88. The van der Waals surface area contributed by atoms with Crippen LogP contribution in [0.1, 0.15) is 25.7 Å². The van der Waals surface area contributed by atoms with Gasteiger partial charge in [0.15, 0.2) is 0 Å². The molecule has 2 fully saturated rings. The number of hydrogen-bond donors (Lipinski definition) is 2. The molecule has 3 N–H and O–H groups in total. The van der Waals surface area contributed by atoms with Gasteiger partial charge in [0.25, 0.3) is 0 Å². The molecule has 9 heteroatoms. The lowest BCUT2D eigenvalue weighted by atomic mass is 9.98. The quantitative estimate of drug-likeness (QED) is 0.757. The maximum absolute atomic E-state index is 12.3. The monoisotopic (exact) mass is 436 g/mol. The third-order valence-corrected chi connectivity index (χ3v) is 5.42. The molecule has 3 rings (SSSR count). The minimum atomic E-state index is -0.784. The van der Waals surface area contributed by atoms with Gasteiger partial charge in [0.05, 0.1) is 12.1 Å². The first kappa shape index (κ1) is 23.8. The molecule has 0 spiro atoms. The minimum absolute atomic E-state index is 0. The lowest BCUT2D eigenvalue weighted by molar-refractivity contribution is -0.134. The fourth-order valence-electron chi connectivity index (χ4n) is 3.54. The number of halogens is 3. The van der Waals surface area contributed by atoms with E-state index in [2.05, 4.69) is 10.2 Å². The summed E-state index contributed by atoms with van der Waals surface area (Å²) in [6.45, 7) is 2.85. The maximum Gasteiger partial charge on any atom is 0.242 e. The molecule has 0 radical (unpaired) electrons. The van der Waals surface area contributed by atoms with E-state index < -0.39 is 5.54 Å². The number of carbonyl (C=O) groups excluding carboxylic acids is 2. The molecule has 0 bridgehead atoms. The van der Waals surface area contributed by atoms with E-state index in [4.69, 9.17) is 17.3 Å². The Labute approximate surface area is 177 Å². The molecule has 27 heavy (non-hydrogen) atoms. The Bertz CT molecular complexity index is 628. The van der Waals surface area contributed by atoms with Gasteiger partial charge in [-0.05, 0) is 37.1 Å². The number of amides is 2. The molecule has 0 unspecified atom stereocenters. The number of nitrogens with one attached hydrogen (secondary N) is 1. The van der Waals surface area contributed by atoms with E-state index in [9.17, 15) is 9.59 Å². The van der Waals surface area contributed by atoms with E-state index in [1.54, 1.807) is 4.90 Å². The van der Waals surface area contributed by atoms with E-state index in [1.807, 2.05) is 24.3 Å². The van der Waals surface area contributed by atoms with Crippen molar-refractivity contribution in [3.8, 4) is 0 Å². The van der Waals surface area contributed by atoms with Crippen LogP contribution in [0.5, 0.6) is 0 Å². The Morgan fingerprint density at radius 1 is 1.04 bits per heavy atom. The molecule has 2 aliphatic rings. The zero-order valence-corrected chi connectivity index (χ0v) is 17.5. The number of nitrogens with two attached hydrogens (primary N) is 1. The molecule has 1 heterocycles. The van der Waals surface area contributed by atoms with Gasteiger partial charge in [0, 0.05) is 36.9 Å². The van der Waals surface area contributed by atoms with Gasteiger partial charge in [0.1, 0.15) is 0 Å². The lowest BCUT2D eigenvalue weighted by Crippen LogP contribution is -2.55. The molecule has 1 aromatic carbocycles. The molecule has 0 aromatic heterocycles. The summed E-state index contributed by atoms with van der Waals surface area (Å²) in [6, 6.07) is 7.72. The Morgan fingerprint density at radius 2 is 1.59 bits per heavy atom. The van der Waals surface area contributed by atoms with Crippen molar-refractivity contribution < 1.29 is 9.59 Å². The largest absolute Gasteiger partial charge is 0.368 e. The van der Waals surface area contributed by atoms with Gasteiger partial charge in [-0.1, -0.05) is 24.4 Å². The molecule has 1 saturated heterocycles. The molecule has 0 atom stereocenters. The molecule has 6 nitrogen and oxygen atoms in total. The maximum atomic E-state index is 12.3. The molecule has 1 saturated carbocycles. The van der Waals surface area contributed by atoms with Gasteiger partial charge in [-0.15, -0.1) is 24.8 Å². The number of nitrogens with zero attached hydrogens (tertiary/aromatic N) is 2. The molecule has 1 aromatic rings.